The predicted octanol–water partition coefficient (Wildman–Crippen LogP) is -2.57. The lowest BCUT2D eigenvalue weighted by atomic mass is 10.1. The number of aliphatic hydroxyl groups is 2. The summed E-state index contributed by atoms with van der Waals surface area (Å²) in [5.41, 5.74) is 4.84. The first kappa shape index (κ1) is 17.0. The van der Waals surface area contributed by atoms with E-state index in [4.69, 9.17) is 20.3 Å². The van der Waals surface area contributed by atoms with Crippen LogP contribution in [-0.4, -0.2) is 64.4 Å². The predicted molar refractivity (Wildman–Crippen MR) is 76.5 cm³/mol. The van der Waals surface area contributed by atoms with Gasteiger partial charge in [-0.1, -0.05) is 0 Å². The molecule has 132 valence electrons. The average Bonchev–Trinajstić information content (AvgIpc) is 3.00. The molecule has 0 bridgehead atoms. The van der Waals surface area contributed by atoms with E-state index in [2.05, 4.69) is 19.5 Å². The number of phosphoric acid groups is 1. The molecule has 0 radical (unpaired) electrons. The fraction of sp³-hybridized carbons (Fsp3) is 0.500. The molecule has 7 N–H and O–H groups in total. The largest absolute Gasteiger partial charge is 0.469 e. The highest BCUT2D eigenvalue weighted by atomic mass is 31.2. The van der Waals surface area contributed by atoms with Crippen LogP contribution < -0.4 is 11.3 Å². The van der Waals surface area contributed by atoms with Crippen LogP contribution in [0.5, 0.6) is 0 Å². The minimum atomic E-state index is -4.76. The molecule has 14 heteroatoms. The summed E-state index contributed by atoms with van der Waals surface area (Å²) in [5, 5.41) is 20.1. The lowest BCUT2D eigenvalue weighted by Gasteiger charge is -2.16. The number of nitrogens with zero attached hydrogens (tertiary/aromatic N) is 3. The van der Waals surface area contributed by atoms with Gasteiger partial charge in [-0.15, -0.1) is 0 Å². The number of phosphoric ester groups is 1. The summed E-state index contributed by atoms with van der Waals surface area (Å²) in [5.74, 6) is -0.177. The van der Waals surface area contributed by atoms with Gasteiger partial charge in [0.2, 0.25) is 5.95 Å². The highest BCUT2D eigenvalue weighted by Gasteiger charge is 2.45. The number of H-pyrrole nitrogens is 1. The van der Waals surface area contributed by atoms with Crippen molar-refractivity contribution < 1.29 is 33.8 Å². The van der Waals surface area contributed by atoms with Gasteiger partial charge in [-0.3, -0.25) is 18.9 Å². The Balaban J connectivity index is 1.90. The van der Waals surface area contributed by atoms with E-state index in [9.17, 15) is 19.6 Å². The molecule has 24 heavy (non-hydrogen) atoms. The molecule has 1 saturated heterocycles. The number of aromatic amines is 1. The fourth-order valence-electron chi connectivity index (χ4n) is 2.40. The van der Waals surface area contributed by atoms with E-state index in [0.29, 0.717) is 0 Å². The fourth-order valence-corrected chi connectivity index (χ4v) is 2.74. The van der Waals surface area contributed by atoms with E-state index < -0.39 is 44.5 Å². The number of rotatable bonds is 4. The van der Waals surface area contributed by atoms with Gasteiger partial charge in [0.1, 0.15) is 18.3 Å². The number of nitrogens with two attached hydrogens (primary N) is 1. The number of ether oxygens (including phenoxy) is 1. The van der Waals surface area contributed by atoms with Crippen molar-refractivity contribution in [3.8, 4) is 0 Å². The monoisotopic (exact) mass is 363 g/mol. The lowest BCUT2D eigenvalue weighted by molar-refractivity contribution is -0.0503. The summed E-state index contributed by atoms with van der Waals surface area (Å²) in [6.07, 6.45) is -4.22. The molecule has 0 amide bonds. The Hall–Kier alpha value is -1.86. The van der Waals surface area contributed by atoms with Gasteiger partial charge in [-0.2, -0.15) is 4.98 Å². The first-order chi connectivity index (χ1) is 11.2. The first-order valence-corrected chi connectivity index (χ1v) is 8.14. The third-order valence-electron chi connectivity index (χ3n) is 3.47. The third-order valence-corrected chi connectivity index (χ3v) is 3.95. The molecule has 13 nitrogen and oxygen atoms in total. The van der Waals surface area contributed by atoms with Crippen LogP contribution in [0.15, 0.2) is 11.1 Å². The van der Waals surface area contributed by atoms with E-state index in [1.165, 1.54) is 10.9 Å². The van der Waals surface area contributed by atoms with E-state index in [1.54, 1.807) is 0 Å². The summed E-state index contributed by atoms with van der Waals surface area (Å²) in [6, 6.07) is 0. The topological polar surface area (TPSA) is 206 Å². The standard InChI is InChI=1S/C10H14N5O8P/c11-10-13-7-4(8(18)14-10)12-2-15(7)9-6(17)5(16)3(23-9)1-22-24(19,20)21/h2-3,5-6,9,16-17H,1H2,(H2,19,20,21)(H3,11,13,14,18)/t3-,5-,6+,9-/m1/s1. The van der Waals surface area contributed by atoms with Crippen LogP contribution in [0, 0.1) is 0 Å². The molecule has 0 saturated carbocycles. The maximum absolute atomic E-state index is 11.7. The number of hydrogen-bond donors (Lipinski definition) is 6. The van der Waals surface area contributed by atoms with E-state index in [0.717, 1.165) is 0 Å². The zero-order valence-electron chi connectivity index (χ0n) is 11.9. The quantitative estimate of drug-likeness (QED) is 0.311. The van der Waals surface area contributed by atoms with Gasteiger partial charge in [0.25, 0.3) is 5.56 Å². The molecule has 4 atom stereocenters. The second-order valence-corrected chi connectivity index (χ2v) is 6.35. The van der Waals surface area contributed by atoms with Crippen molar-refractivity contribution >= 4 is 24.9 Å². The zero-order chi connectivity index (χ0) is 17.6. The average molecular weight is 363 g/mol. The van der Waals surface area contributed by atoms with Crippen molar-refractivity contribution in [3.63, 3.8) is 0 Å². The Morgan fingerprint density at radius 2 is 2.12 bits per heavy atom. The smallest absolute Gasteiger partial charge is 0.387 e. The number of aromatic nitrogens is 4. The number of hydrogen-bond acceptors (Lipinski definition) is 9. The summed E-state index contributed by atoms with van der Waals surface area (Å²) >= 11 is 0. The number of aliphatic hydroxyl groups excluding tert-OH is 2. The first-order valence-electron chi connectivity index (χ1n) is 6.61. The van der Waals surface area contributed by atoms with Gasteiger partial charge in [0.15, 0.2) is 17.4 Å². The lowest BCUT2D eigenvalue weighted by Crippen LogP contribution is -2.33. The number of nitrogen functional groups attached to an aromatic ring is 1. The summed E-state index contributed by atoms with van der Waals surface area (Å²) in [7, 11) is -4.76. The molecule has 0 spiro atoms. The number of fused-ring (bicyclic) bond motifs is 1. The van der Waals surface area contributed by atoms with E-state index >= 15 is 0 Å². The van der Waals surface area contributed by atoms with Crippen LogP contribution in [0.3, 0.4) is 0 Å². The second-order valence-electron chi connectivity index (χ2n) is 5.11. The molecule has 1 fully saturated rings. The summed E-state index contributed by atoms with van der Waals surface area (Å²) in [6.45, 7) is -0.651. The molecule has 2 aromatic heterocycles. The minimum absolute atomic E-state index is 0.0176. The second kappa shape index (κ2) is 5.89. The Kier molecular flexibility index (Phi) is 4.17. The van der Waals surface area contributed by atoms with Gasteiger partial charge in [0, 0.05) is 0 Å². The minimum Gasteiger partial charge on any atom is -0.387 e. The molecule has 2 aromatic rings. The van der Waals surface area contributed by atoms with Gasteiger partial charge in [-0.25, -0.2) is 9.55 Å². The van der Waals surface area contributed by atoms with Crippen LogP contribution in [0.2, 0.25) is 0 Å². The van der Waals surface area contributed by atoms with Crippen molar-refractivity contribution in [1.82, 2.24) is 19.5 Å². The number of nitrogens with one attached hydrogen (secondary N) is 1. The maximum atomic E-state index is 11.7. The molecular formula is C10H14N5O8P. The molecule has 0 aromatic carbocycles. The highest BCUT2D eigenvalue weighted by molar-refractivity contribution is 7.46. The Morgan fingerprint density at radius 1 is 1.42 bits per heavy atom. The van der Waals surface area contributed by atoms with Crippen LogP contribution in [0.1, 0.15) is 6.23 Å². The van der Waals surface area contributed by atoms with Crippen LogP contribution in [0.4, 0.5) is 5.95 Å². The van der Waals surface area contributed by atoms with E-state index in [1.807, 2.05) is 0 Å². The molecular weight excluding hydrogens is 349 g/mol. The van der Waals surface area contributed by atoms with Gasteiger partial charge in [-0.05, 0) is 0 Å². The summed E-state index contributed by atoms with van der Waals surface area (Å²) in [4.78, 5) is 39.1. The van der Waals surface area contributed by atoms with Crippen molar-refractivity contribution in [3.05, 3.63) is 16.7 Å². The van der Waals surface area contributed by atoms with Crippen LogP contribution >= 0.6 is 7.82 Å². The van der Waals surface area contributed by atoms with E-state index in [-0.39, 0.29) is 17.1 Å². The third kappa shape index (κ3) is 3.06. The van der Waals surface area contributed by atoms with Crippen molar-refractivity contribution in [2.24, 2.45) is 0 Å². The van der Waals surface area contributed by atoms with Gasteiger partial charge >= 0.3 is 7.82 Å². The highest BCUT2D eigenvalue weighted by Crippen LogP contribution is 2.38. The Labute approximate surface area is 132 Å². The maximum Gasteiger partial charge on any atom is 0.469 e. The van der Waals surface area contributed by atoms with Crippen molar-refractivity contribution in [2.75, 3.05) is 12.3 Å². The number of imidazole rings is 1. The van der Waals surface area contributed by atoms with Crippen molar-refractivity contribution in [1.29, 1.82) is 0 Å². The Bertz CT molecular complexity index is 861. The molecule has 1 aliphatic heterocycles. The zero-order valence-corrected chi connectivity index (χ0v) is 12.8. The molecule has 3 heterocycles. The molecule has 0 aliphatic carbocycles. The Morgan fingerprint density at radius 3 is 2.79 bits per heavy atom. The van der Waals surface area contributed by atoms with Crippen molar-refractivity contribution in [2.45, 2.75) is 24.5 Å². The molecule has 0 unspecified atom stereocenters. The SMILES string of the molecule is Nc1nc2c(ncn2[C@@H]2O[C@H](COP(=O)(O)O)[C@@H](O)[C@@H]2O)c(=O)[nH]1. The normalized spacial score (nSPS) is 27.8. The summed E-state index contributed by atoms with van der Waals surface area (Å²) < 4.78 is 21.6. The van der Waals surface area contributed by atoms with Gasteiger partial charge in [0.05, 0.1) is 12.9 Å². The number of anilines is 1. The molecule has 1 aliphatic rings. The molecule has 3 rings (SSSR count). The van der Waals surface area contributed by atoms with Crippen LogP contribution in [-0.2, 0) is 13.8 Å². The van der Waals surface area contributed by atoms with Gasteiger partial charge < -0.3 is 30.5 Å². The van der Waals surface area contributed by atoms with Crippen LogP contribution in [0.25, 0.3) is 11.2 Å².